The second-order valence-electron chi connectivity index (χ2n) is 6.22. The maximum atomic E-state index is 13.0. The fourth-order valence-corrected chi connectivity index (χ4v) is 5.67. The summed E-state index contributed by atoms with van der Waals surface area (Å²) in [6, 6.07) is 7.29. The number of piperidine rings is 1. The van der Waals surface area contributed by atoms with Crippen LogP contribution in [0.25, 0.3) is 0 Å². The summed E-state index contributed by atoms with van der Waals surface area (Å²) in [4.78, 5) is 0.400. The zero-order valence-electron chi connectivity index (χ0n) is 12.4. The minimum absolute atomic E-state index is 0.207. The van der Waals surface area contributed by atoms with E-state index in [-0.39, 0.29) is 6.04 Å². The van der Waals surface area contributed by atoms with Gasteiger partial charge in [-0.3, -0.25) is 0 Å². The molecule has 3 rings (SSSR count). The first kappa shape index (κ1) is 15.0. The van der Waals surface area contributed by atoms with Gasteiger partial charge in [-0.1, -0.05) is 25.0 Å². The number of nitrogens with zero attached hydrogens (tertiary/aromatic N) is 1. The number of rotatable bonds is 3. The minimum atomic E-state index is -3.39. The van der Waals surface area contributed by atoms with Gasteiger partial charge < -0.3 is 5.73 Å². The van der Waals surface area contributed by atoms with Crippen molar-refractivity contribution in [3.8, 4) is 0 Å². The van der Waals surface area contributed by atoms with Crippen LogP contribution in [0.15, 0.2) is 29.2 Å². The molecular weight excluding hydrogens is 284 g/mol. The van der Waals surface area contributed by atoms with Crippen molar-refractivity contribution in [1.29, 1.82) is 0 Å². The van der Waals surface area contributed by atoms with E-state index in [1.165, 1.54) is 19.3 Å². The molecule has 2 aliphatic rings. The summed E-state index contributed by atoms with van der Waals surface area (Å²) in [6.45, 7) is 1.03. The van der Waals surface area contributed by atoms with Gasteiger partial charge in [0.2, 0.25) is 10.0 Å². The highest BCUT2D eigenvalue weighted by molar-refractivity contribution is 7.89. The van der Waals surface area contributed by atoms with Crippen LogP contribution in [0.3, 0.4) is 0 Å². The second-order valence-corrected chi connectivity index (χ2v) is 8.11. The van der Waals surface area contributed by atoms with Crippen LogP contribution >= 0.6 is 0 Å². The van der Waals surface area contributed by atoms with E-state index in [1.807, 2.05) is 6.07 Å². The molecule has 116 valence electrons. The fourth-order valence-electron chi connectivity index (χ4n) is 3.85. The molecule has 2 N–H and O–H groups in total. The fraction of sp³-hybridized carbons (Fsp3) is 0.625. The van der Waals surface area contributed by atoms with E-state index in [0.717, 1.165) is 24.8 Å². The number of hydrogen-bond acceptors (Lipinski definition) is 3. The van der Waals surface area contributed by atoms with E-state index >= 15 is 0 Å². The molecule has 2 unspecified atom stereocenters. The van der Waals surface area contributed by atoms with Crippen LogP contribution in [-0.2, 0) is 16.6 Å². The van der Waals surface area contributed by atoms with Gasteiger partial charge in [-0.25, -0.2) is 8.42 Å². The highest BCUT2D eigenvalue weighted by Crippen LogP contribution is 2.38. The van der Waals surface area contributed by atoms with E-state index in [2.05, 4.69) is 0 Å². The average molecular weight is 308 g/mol. The quantitative estimate of drug-likeness (QED) is 0.933. The first-order valence-corrected chi connectivity index (χ1v) is 9.38. The normalized spacial score (nSPS) is 27.3. The summed E-state index contributed by atoms with van der Waals surface area (Å²) in [5.74, 6) is 0.556. The molecule has 5 heteroatoms. The molecule has 4 nitrogen and oxygen atoms in total. The summed E-state index contributed by atoms with van der Waals surface area (Å²) < 4.78 is 27.8. The third kappa shape index (κ3) is 2.87. The van der Waals surface area contributed by atoms with Crippen molar-refractivity contribution in [2.24, 2.45) is 11.7 Å². The van der Waals surface area contributed by atoms with Gasteiger partial charge in [0, 0.05) is 19.1 Å². The molecule has 1 aromatic rings. The highest BCUT2D eigenvalue weighted by Gasteiger charge is 2.39. The molecule has 1 saturated heterocycles. The smallest absolute Gasteiger partial charge is 0.243 e. The Morgan fingerprint density at radius 3 is 2.71 bits per heavy atom. The van der Waals surface area contributed by atoms with Crippen LogP contribution in [0.5, 0.6) is 0 Å². The van der Waals surface area contributed by atoms with E-state index in [4.69, 9.17) is 5.73 Å². The van der Waals surface area contributed by atoms with Crippen molar-refractivity contribution in [1.82, 2.24) is 4.31 Å². The standard InChI is InChI=1S/C16H24N2O2S/c17-12-13-5-3-8-15(11-13)21(19,20)18-10-4-7-14-6-1-2-9-16(14)18/h3,5,8,11,14,16H,1-2,4,6-7,9-10,12,17H2. The van der Waals surface area contributed by atoms with Crippen molar-refractivity contribution in [2.45, 2.75) is 56.0 Å². The Kier molecular flexibility index (Phi) is 4.33. The van der Waals surface area contributed by atoms with Crippen LogP contribution in [0, 0.1) is 5.92 Å². The SMILES string of the molecule is NCc1cccc(S(=O)(=O)N2CCCC3CCCCC32)c1. The first-order chi connectivity index (χ1) is 10.1. The maximum Gasteiger partial charge on any atom is 0.243 e. The lowest BCUT2D eigenvalue weighted by Gasteiger charge is -2.43. The van der Waals surface area contributed by atoms with Crippen LogP contribution in [0.4, 0.5) is 0 Å². The van der Waals surface area contributed by atoms with Crippen molar-refractivity contribution >= 4 is 10.0 Å². The predicted octanol–water partition coefficient (Wildman–Crippen LogP) is 2.49. The highest BCUT2D eigenvalue weighted by atomic mass is 32.2. The van der Waals surface area contributed by atoms with Crippen molar-refractivity contribution in [3.05, 3.63) is 29.8 Å². The molecule has 2 atom stereocenters. The minimum Gasteiger partial charge on any atom is -0.326 e. The topological polar surface area (TPSA) is 63.4 Å². The number of benzene rings is 1. The van der Waals surface area contributed by atoms with Crippen LogP contribution in [0.2, 0.25) is 0 Å². The number of hydrogen-bond donors (Lipinski definition) is 1. The number of sulfonamides is 1. The number of nitrogens with two attached hydrogens (primary N) is 1. The molecule has 21 heavy (non-hydrogen) atoms. The van der Waals surface area contributed by atoms with E-state index in [1.54, 1.807) is 22.5 Å². The lowest BCUT2D eigenvalue weighted by Crippen LogP contribution is -2.49. The second kappa shape index (κ2) is 6.07. The van der Waals surface area contributed by atoms with Crippen LogP contribution in [0.1, 0.15) is 44.1 Å². The van der Waals surface area contributed by atoms with Gasteiger partial charge in [0.05, 0.1) is 4.90 Å². The van der Waals surface area contributed by atoms with Crippen molar-refractivity contribution in [2.75, 3.05) is 6.54 Å². The third-order valence-electron chi connectivity index (χ3n) is 4.93. The van der Waals surface area contributed by atoms with E-state index in [0.29, 0.717) is 23.9 Å². The predicted molar refractivity (Wildman–Crippen MR) is 83.2 cm³/mol. The summed E-state index contributed by atoms with van der Waals surface area (Å²) in [6.07, 6.45) is 6.75. The van der Waals surface area contributed by atoms with Crippen molar-refractivity contribution < 1.29 is 8.42 Å². The molecule has 1 aliphatic heterocycles. The molecule has 0 amide bonds. The molecule has 0 bridgehead atoms. The molecular formula is C16H24N2O2S. The average Bonchev–Trinajstić information content (AvgIpc) is 2.54. The Hall–Kier alpha value is -0.910. The molecule has 0 radical (unpaired) electrons. The van der Waals surface area contributed by atoms with E-state index in [9.17, 15) is 8.42 Å². The molecule has 1 aromatic carbocycles. The lowest BCUT2D eigenvalue weighted by molar-refractivity contribution is 0.129. The molecule has 1 heterocycles. The van der Waals surface area contributed by atoms with Crippen LogP contribution in [-0.4, -0.2) is 25.3 Å². The Morgan fingerprint density at radius 1 is 1.14 bits per heavy atom. The zero-order chi connectivity index (χ0) is 14.9. The molecule has 1 aliphatic carbocycles. The zero-order valence-corrected chi connectivity index (χ0v) is 13.2. The van der Waals surface area contributed by atoms with Gasteiger partial charge in [0.1, 0.15) is 0 Å². The molecule has 0 aromatic heterocycles. The Bertz CT molecular complexity index is 598. The van der Waals surface area contributed by atoms with E-state index < -0.39 is 10.0 Å². The summed E-state index contributed by atoms with van der Waals surface area (Å²) in [7, 11) is -3.39. The third-order valence-corrected chi connectivity index (χ3v) is 6.85. The molecule has 0 spiro atoms. The van der Waals surface area contributed by atoms with Gasteiger partial charge in [-0.15, -0.1) is 0 Å². The largest absolute Gasteiger partial charge is 0.326 e. The summed E-state index contributed by atoms with van der Waals surface area (Å²) in [5.41, 5.74) is 6.51. The maximum absolute atomic E-state index is 13.0. The summed E-state index contributed by atoms with van der Waals surface area (Å²) in [5, 5.41) is 0. The van der Waals surface area contributed by atoms with Gasteiger partial charge >= 0.3 is 0 Å². The van der Waals surface area contributed by atoms with Crippen molar-refractivity contribution in [3.63, 3.8) is 0 Å². The molecule has 2 fully saturated rings. The Balaban J connectivity index is 1.92. The summed E-state index contributed by atoms with van der Waals surface area (Å²) >= 11 is 0. The first-order valence-electron chi connectivity index (χ1n) is 7.94. The molecule has 1 saturated carbocycles. The van der Waals surface area contributed by atoms with Gasteiger partial charge in [0.15, 0.2) is 0 Å². The van der Waals surface area contributed by atoms with Crippen LogP contribution < -0.4 is 5.73 Å². The van der Waals surface area contributed by atoms with Gasteiger partial charge in [-0.05, 0) is 49.3 Å². The number of fused-ring (bicyclic) bond motifs is 1. The Morgan fingerprint density at radius 2 is 1.90 bits per heavy atom. The van der Waals surface area contributed by atoms with Gasteiger partial charge in [0.25, 0.3) is 0 Å². The van der Waals surface area contributed by atoms with Gasteiger partial charge in [-0.2, -0.15) is 4.31 Å². The lowest BCUT2D eigenvalue weighted by atomic mass is 9.79. The Labute approximate surface area is 127 Å². The monoisotopic (exact) mass is 308 g/mol.